The summed E-state index contributed by atoms with van der Waals surface area (Å²) in [4.78, 5) is 11.2. The molecule has 0 bridgehead atoms. The first-order valence-corrected chi connectivity index (χ1v) is 8.81. The van der Waals surface area contributed by atoms with Crippen molar-refractivity contribution in [1.29, 1.82) is 0 Å². The third-order valence-electron chi connectivity index (χ3n) is 2.12. The predicted molar refractivity (Wildman–Crippen MR) is 77.0 cm³/mol. The fraction of sp³-hybridized carbons (Fsp3) is 0.917. The normalized spacial score (nSPS) is 10.4. The van der Waals surface area contributed by atoms with Crippen molar-refractivity contribution in [3.8, 4) is 0 Å². The molecule has 1 N–H and O–H groups in total. The topological polar surface area (TPSA) is 29.1 Å². The van der Waals surface area contributed by atoms with Gasteiger partial charge in [0.05, 0.1) is 0 Å². The van der Waals surface area contributed by atoms with E-state index in [4.69, 9.17) is 0 Å². The highest BCUT2D eigenvalue weighted by Crippen LogP contribution is 2.23. The maximum Gasteiger partial charge on any atom is 0.220 e. The Labute approximate surface area is 108 Å². The highest BCUT2D eigenvalue weighted by Gasteiger charge is 1.99. The fourth-order valence-electron chi connectivity index (χ4n) is 1.17. The molecule has 0 aromatic carbocycles. The summed E-state index contributed by atoms with van der Waals surface area (Å²) in [6.07, 6.45) is 6.66. The minimum atomic E-state index is 0.207. The number of hydrogen-bond acceptors (Lipinski definition) is 3. The Morgan fingerprint density at radius 3 is 2.31 bits per heavy atom. The molecule has 0 aliphatic carbocycles. The zero-order chi connectivity index (χ0) is 12.1. The van der Waals surface area contributed by atoms with E-state index in [0.717, 1.165) is 25.1 Å². The number of unbranched alkanes of at least 4 members (excludes halogenated alkanes) is 2. The average Bonchev–Trinajstić information content (AvgIpc) is 2.30. The van der Waals surface area contributed by atoms with Crippen LogP contribution in [0.4, 0.5) is 0 Å². The van der Waals surface area contributed by atoms with Crippen LogP contribution in [0.5, 0.6) is 0 Å². The third-order valence-corrected chi connectivity index (χ3v) is 4.70. The summed E-state index contributed by atoms with van der Waals surface area (Å²) in [7, 11) is 3.85. The number of nitrogens with one attached hydrogen (secondary N) is 1. The smallest absolute Gasteiger partial charge is 0.220 e. The van der Waals surface area contributed by atoms with E-state index in [0.29, 0.717) is 6.42 Å². The minimum absolute atomic E-state index is 0.207. The number of hydrogen-bond donors (Lipinski definition) is 1. The Morgan fingerprint density at radius 1 is 1.00 bits per heavy atom. The average molecular weight is 263 g/mol. The molecule has 0 rings (SSSR count). The van der Waals surface area contributed by atoms with Crippen molar-refractivity contribution in [2.75, 3.05) is 18.1 Å². The van der Waals surface area contributed by atoms with E-state index in [9.17, 15) is 4.79 Å². The molecule has 0 saturated heterocycles. The van der Waals surface area contributed by atoms with E-state index >= 15 is 0 Å². The number of carbonyl (C=O) groups is 1. The molecule has 0 aliphatic heterocycles. The van der Waals surface area contributed by atoms with Crippen LogP contribution in [0.3, 0.4) is 0 Å². The van der Waals surface area contributed by atoms with Crippen LogP contribution in [0, 0.1) is 0 Å². The van der Waals surface area contributed by atoms with Gasteiger partial charge in [0, 0.05) is 24.5 Å². The van der Waals surface area contributed by atoms with Crippen molar-refractivity contribution in [2.45, 2.75) is 52.4 Å². The summed E-state index contributed by atoms with van der Waals surface area (Å²) in [6.45, 7) is 5.12. The Kier molecular flexibility index (Phi) is 13.4. The molecule has 0 fully saturated rings. The van der Waals surface area contributed by atoms with Gasteiger partial charge < -0.3 is 5.32 Å². The molecular formula is C12H25NOS2. The van der Waals surface area contributed by atoms with Gasteiger partial charge in [0.25, 0.3) is 0 Å². The van der Waals surface area contributed by atoms with E-state index in [1.165, 1.54) is 25.0 Å². The molecule has 0 aromatic heterocycles. The molecule has 0 saturated carbocycles. The van der Waals surface area contributed by atoms with Crippen LogP contribution < -0.4 is 5.32 Å². The lowest BCUT2D eigenvalue weighted by Gasteiger charge is -2.03. The van der Waals surface area contributed by atoms with Gasteiger partial charge in [-0.1, -0.05) is 48.3 Å². The summed E-state index contributed by atoms with van der Waals surface area (Å²) < 4.78 is 0. The van der Waals surface area contributed by atoms with Gasteiger partial charge in [-0.3, -0.25) is 4.79 Å². The largest absolute Gasteiger partial charge is 0.356 e. The zero-order valence-corrected chi connectivity index (χ0v) is 12.2. The first-order valence-electron chi connectivity index (χ1n) is 6.32. The van der Waals surface area contributed by atoms with E-state index in [1.54, 1.807) is 0 Å². The quantitative estimate of drug-likeness (QED) is 0.453. The van der Waals surface area contributed by atoms with Gasteiger partial charge in [-0.15, -0.1) is 0 Å². The third kappa shape index (κ3) is 12.2. The second-order valence-electron chi connectivity index (χ2n) is 3.80. The van der Waals surface area contributed by atoms with Crippen molar-refractivity contribution in [3.63, 3.8) is 0 Å². The number of rotatable bonds is 11. The lowest BCUT2D eigenvalue weighted by atomic mass is 10.3. The number of amides is 1. The standard InChI is InChI=1S/C12H25NOS2/c1-3-5-6-10-15-16-11-7-8-12(14)13-9-4-2/h3-11H2,1-2H3,(H,13,14). The molecule has 0 aromatic rings. The lowest BCUT2D eigenvalue weighted by Crippen LogP contribution is -2.23. The monoisotopic (exact) mass is 263 g/mol. The second-order valence-corrected chi connectivity index (χ2v) is 6.51. The molecule has 1 amide bonds. The number of carbonyl (C=O) groups excluding carboxylic acids is 1. The predicted octanol–water partition coefficient (Wildman–Crippen LogP) is 3.86. The van der Waals surface area contributed by atoms with Crippen LogP contribution in [0.1, 0.15) is 52.4 Å². The highest BCUT2D eigenvalue weighted by molar-refractivity contribution is 8.76. The van der Waals surface area contributed by atoms with E-state index in [-0.39, 0.29) is 5.91 Å². The minimum Gasteiger partial charge on any atom is -0.356 e. The van der Waals surface area contributed by atoms with Crippen LogP contribution >= 0.6 is 21.6 Å². The summed E-state index contributed by atoms with van der Waals surface area (Å²) >= 11 is 0. The van der Waals surface area contributed by atoms with Crippen LogP contribution in [-0.2, 0) is 4.79 Å². The van der Waals surface area contributed by atoms with Gasteiger partial charge in [-0.25, -0.2) is 0 Å². The summed E-state index contributed by atoms with van der Waals surface area (Å²) in [5.74, 6) is 2.55. The van der Waals surface area contributed by atoms with Crippen LogP contribution in [0.25, 0.3) is 0 Å². The van der Waals surface area contributed by atoms with Gasteiger partial charge >= 0.3 is 0 Å². The Morgan fingerprint density at radius 2 is 1.69 bits per heavy atom. The maximum absolute atomic E-state index is 11.2. The van der Waals surface area contributed by atoms with Crippen molar-refractivity contribution >= 4 is 27.5 Å². The van der Waals surface area contributed by atoms with Crippen LogP contribution in [0.15, 0.2) is 0 Å². The molecule has 16 heavy (non-hydrogen) atoms. The molecule has 0 unspecified atom stereocenters. The van der Waals surface area contributed by atoms with E-state index in [2.05, 4.69) is 19.2 Å². The highest BCUT2D eigenvalue weighted by atomic mass is 33.1. The van der Waals surface area contributed by atoms with Gasteiger partial charge in [0.1, 0.15) is 0 Å². The van der Waals surface area contributed by atoms with Gasteiger partial charge in [0.15, 0.2) is 0 Å². The van der Waals surface area contributed by atoms with Gasteiger partial charge in [-0.05, 0) is 19.3 Å². The van der Waals surface area contributed by atoms with Crippen molar-refractivity contribution in [2.24, 2.45) is 0 Å². The SMILES string of the molecule is CCCCCSSCCCC(=O)NCCC. The maximum atomic E-state index is 11.2. The Hall–Kier alpha value is 0.170. The second kappa shape index (κ2) is 13.2. The van der Waals surface area contributed by atoms with Crippen LogP contribution in [0.2, 0.25) is 0 Å². The van der Waals surface area contributed by atoms with Gasteiger partial charge in [-0.2, -0.15) is 0 Å². The molecular weight excluding hydrogens is 238 g/mol. The first kappa shape index (κ1) is 16.2. The van der Waals surface area contributed by atoms with Gasteiger partial charge in [0.2, 0.25) is 5.91 Å². The molecule has 0 aliphatic rings. The lowest BCUT2D eigenvalue weighted by molar-refractivity contribution is -0.121. The molecule has 0 heterocycles. The summed E-state index contributed by atoms with van der Waals surface area (Å²) in [5, 5.41) is 2.90. The molecule has 4 heteroatoms. The summed E-state index contributed by atoms with van der Waals surface area (Å²) in [6, 6.07) is 0. The molecule has 2 nitrogen and oxygen atoms in total. The Bertz CT molecular complexity index is 165. The van der Waals surface area contributed by atoms with E-state index < -0.39 is 0 Å². The van der Waals surface area contributed by atoms with Crippen molar-refractivity contribution in [3.05, 3.63) is 0 Å². The van der Waals surface area contributed by atoms with Crippen molar-refractivity contribution in [1.82, 2.24) is 5.32 Å². The molecule has 0 atom stereocenters. The molecule has 0 spiro atoms. The first-order chi connectivity index (χ1) is 7.81. The van der Waals surface area contributed by atoms with Crippen molar-refractivity contribution < 1.29 is 4.79 Å². The van der Waals surface area contributed by atoms with Crippen LogP contribution in [-0.4, -0.2) is 24.0 Å². The van der Waals surface area contributed by atoms with E-state index in [1.807, 2.05) is 21.6 Å². The fourth-order valence-corrected chi connectivity index (χ4v) is 3.41. The molecule has 0 radical (unpaired) electrons. The molecule has 96 valence electrons. The zero-order valence-electron chi connectivity index (χ0n) is 10.6. The Balaban J connectivity index is 3.05. The summed E-state index contributed by atoms with van der Waals surface area (Å²) in [5.41, 5.74) is 0.